The number of anilines is 1. The minimum Gasteiger partial charge on any atom is -0.351 e. The molecular formula is C10H15BrClN3. The zero-order valence-corrected chi connectivity index (χ0v) is 11.0. The van der Waals surface area contributed by atoms with E-state index in [0.717, 1.165) is 30.1 Å². The fourth-order valence-electron chi connectivity index (χ4n) is 1.74. The smallest absolute Gasteiger partial charge is 0.130 e. The van der Waals surface area contributed by atoms with Gasteiger partial charge in [0.2, 0.25) is 0 Å². The maximum atomic E-state index is 4.46. The van der Waals surface area contributed by atoms with Gasteiger partial charge < -0.3 is 10.2 Å². The molecule has 5 heteroatoms. The lowest BCUT2D eigenvalue weighted by atomic mass is 10.2. The molecule has 0 saturated carbocycles. The first-order valence-corrected chi connectivity index (χ1v) is 5.66. The number of aromatic nitrogens is 1. The lowest BCUT2D eigenvalue weighted by molar-refractivity contribution is 0.497. The summed E-state index contributed by atoms with van der Waals surface area (Å²) in [5.74, 6) is 1.06. The second kappa shape index (κ2) is 5.68. The highest BCUT2D eigenvalue weighted by molar-refractivity contribution is 9.10. The Bertz CT molecular complexity index is 321. The summed E-state index contributed by atoms with van der Waals surface area (Å²) in [6.45, 7) is 5.33. The number of nitrogens with zero attached hydrogens (tertiary/aromatic N) is 2. The molecule has 1 atom stereocenters. The van der Waals surface area contributed by atoms with E-state index in [-0.39, 0.29) is 12.4 Å². The van der Waals surface area contributed by atoms with Crippen molar-refractivity contribution < 1.29 is 0 Å². The lowest BCUT2D eigenvalue weighted by Gasteiger charge is -2.34. The summed E-state index contributed by atoms with van der Waals surface area (Å²) in [7, 11) is 0. The quantitative estimate of drug-likeness (QED) is 0.803. The van der Waals surface area contributed by atoms with Gasteiger partial charge in [-0.2, -0.15) is 0 Å². The van der Waals surface area contributed by atoms with Crippen molar-refractivity contribution in [3.63, 3.8) is 0 Å². The molecule has 2 heterocycles. The van der Waals surface area contributed by atoms with E-state index in [1.807, 2.05) is 12.1 Å². The molecule has 1 unspecified atom stereocenters. The van der Waals surface area contributed by atoms with Crippen LogP contribution in [0.4, 0.5) is 5.82 Å². The third-order valence-corrected chi connectivity index (χ3v) is 2.94. The SMILES string of the molecule is CC1CNCCN1c1cccc(Br)n1.Cl. The van der Waals surface area contributed by atoms with Crippen molar-refractivity contribution in [1.29, 1.82) is 0 Å². The maximum Gasteiger partial charge on any atom is 0.130 e. The Morgan fingerprint density at radius 1 is 1.53 bits per heavy atom. The first-order valence-electron chi connectivity index (χ1n) is 4.87. The molecule has 1 aliphatic rings. The lowest BCUT2D eigenvalue weighted by Crippen LogP contribution is -2.50. The molecule has 0 radical (unpaired) electrons. The van der Waals surface area contributed by atoms with Crippen molar-refractivity contribution in [2.24, 2.45) is 0 Å². The van der Waals surface area contributed by atoms with Crippen molar-refractivity contribution in [1.82, 2.24) is 10.3 Å². The Morgan fingerprint density at radius 2 is 2.33 bits per heavy atom. The molecule has 84 valence electrons. The Balaban J connectivity index is 0.00000112. The van der Waals surface area contributed by atoms with Crippen molar-refractivity contribution in [2.45, 2.75) is 13.0 Å². The number of nitrogens with one attached hydrogen (secondary N) is 1. The van der Waals surface area contributed by atoms with Crippen molar-refractivity contribution in [2.75, 3.05) is 24.5 Å². The van der Waals surface area contributed by atoms with Crippen LogP contribution in [0.25, 0.3) is 0 Å². The fourth-order valence-corrected chi connectivity index (χ4v) is 2.07. The molecule has 0 bridgehead atoms. The Morgan fingerprint density at radius 3 is 3.00 bits per heavy atom. The highest BCUT2D eigenvalue weighted by atomic mass is 79.9. The average molecular weight is 293 g/mol. The molecule has 1 saturated heterocycles. The maximum absolute atomic E-state index is 4.46. The number of piperazine rings is 1. The van der Waals surface area contributed by atoms with Gasteiger partial charge in [0.1, 0.15) is 10.4 Å². The minimum atomic E-state index is 0. The molecule has 0 aliphatic carbocycles. The highest BCUT2D eigenvalue weighted by Gasteiger charge is 2.18. The molecular weight excluding hydrogens is 277 g/mol. The summed E-state index contributed by atoms with van der Waals surface area (Å²) >= 11 is 3.40. The van der Waals surface area contributed by atoms with Crippen molar-refractivity contribution >= 4 is 34.2 Å². The molecule has 1 aliphatic heterocycles. The highest BCUT2D eigenvalue weighted by Crippen LogP contribution is 2.17. The summed E-state index contributed by atoms with van der Waals surface area (Å²) in [6, 6.07) is 6.56. The first kappa shape index (κ1) is 12.7. The molecule has 1 aromatic rings. The van der Waals surface area contributed by atoms with Gasteiger partial charge in [0, 0.05) is 25.7 Å². The van der Waals surface area contributed by atoms with E-state index in [2.05, 4.69) is 44.1 Å². The van der Waals surface area contributed by atoms with Gasteiger partial charge in [0.25, 0.3) is 0 Å². The molecule has 0 spiro atoms. The van der Waals surface area contributed by atoms with E-state index >= 15 is 0 Å². The van der Waals surface area contributed by atoms with Crippen LogP contribution in [-0.2, 0) is 0 Å². The van der Waals surface area contributed by atoms with Crippen LogP contribution in [0, 0.1) is 0 Å². The number of halogens is 2. The van der Waals surface area contributed by atoms with Crippen LogP contribution in [0.3, 0.4) is 0 Å². The zero-order valence-electron chi connectivity index (χ0n) is 8.61. The van der Waals surface area contributed by atoms with Crippen molar-refractivity contribution in [3.8, 4) is 0 Å². The van der Waals surface area contributed by atoms with Crippen LogP contribution in [0.2, 0.25) is 0 Å². The van der Waals surface area contributed by atoms with Crippen molar-refractivity contribution in [3.05, 3.63) is 22.8 Å². The van der Waals surface area contributed by atoms with E-state index in [1.54, 1.807) is 0 Å². The van der Waals surface area contributed by atoms with Gasteiger partial charge in [-0.25, -0.2) is 4.98 Å². The second-order valence-electron chi connectivity index (χ2n) is 3.57. The van der Waals surface area contributed by atoms with E-state index in [4.69, 9.17) is 0 Å². The third kappa shape index (κ3) is 3.06. The molecule has 1 N–H and O–H groups in total. The number of pyridine rings is 1. The minimum absolute atomic E-state index is 0. The molecule has 2 rings (SSSR count). The number of hydrogen-bond acceptors (Lipinski definition) is 3. The number of hydrogen-bond donors (Lipinski definition) is 1. The van der Waals surface area contributed by atoms with E-state index < -0.39 is 0 Å². The topological polar surface area (TPSA) is 28.2 Å². The molecule has 1 fully saturated rings. The monoisotopic (exact) mass is 291 g/mol. The van der Waals surface area contributed by atoms with E-state index in [0.29, 0.717) is 6.04 Å². The fraction of sp³-hybridized carbons (Fsp3) is 0.500. The third-order valence-electron chi connectivity index (χ3n) is 2.50. The predicted octanol–water partition coefficient (Wildman–Crippen LogP) is 2.06. The van der Waals surface area contributed by atoms with E-state index in [9.17, 15) is 0 Å². The summed E-state index contributed by atoms with van der Waals surface area (Å²) in [4.78, 5) is 6.80. The summed E-state index contributed by atoms with van der Waals surface area (Å²) < 4.78 is 0.903. The van der Waals surface area contributed by atoms with Crippen LogP contribution in [0.15, 0.2) is 22.8 Å². The molecule has 1 aromatic heterocycles. The van der Waals surface area contributed by atoms with Crippen LogP contribution in [0.1, 0.15) is 6.92 Å². The number of rotatable bonds is 1. The predicted molar refractivity (Wildman–Crippen MR) is 68.9 cm³/mol. The molecule has 15 heavy (non-hydrogen) atoms. The average Bonchev–Trinajstić information content (AvgIpc) is 2.18. The Labute approximate surface area is 105 Å². The van der Waals surface area contributed by atoms with Gasteiger partial charge in [-0.05, 0) is 35.0 Å². The molecule has 0 aromatic carbocycles. The van der Waals surface area contributed by atoms with Crippen LogP contribution in [-0.4, -0.2) is 30.7 Å². The van der Waals surface area contributed by atoms with Gasteiger partial charge in [-0.15, -0.1) is 12.4 Å². The van der Waals surface area contributed by atoms with Crippen LogP contribution < -0.4 is 10.2 Å². The van der Waals surface area contributed by atoms with Crippen LogP contribution >= 0.6 is 28.3 Å². The largest absolute Gasteiger partial charge is 0.351 e. The zero-order chi connectivity index (χ0) is 9.97. The van der Waals surface area contributed by atoms with Gasteiger partial charge in [0.15, 0.2) is 0 Å². The summed E-state index contributed by atoms with van der Waals surface area (Å²) in [6.07, 6.45) is 0. The van der Waals surface area contributed by atoms with Gasteiger partial charge in [0.05, 0.1) is 0 Å². The first-order chi connectivity index (χ1) is 6.77. The summed E-state index contributed by atoms with van der Waals surface area (Å²) in [5, 5.41) is 3.37. The standard InChI is InChI=1S/C10H14BrN3.ClH/c1-8-7-12-5-6-14(8)10-4-2-3-9(11)13-10;/h2-4,8,12H,5-7H2,1H3;1H. The van der Waals surface area contributed by atoms with Gasteiger partial charge >= 0.3 is 0 Å². The van der Waals surface area contributed by atoms with Gasteiger partial charge in [-0.3, -0.25) is 0 Å². The molecule has 3 nitrogen and oxygen atoms in total. The Hall–Kier alpha value is -0.320. The normalized spacial score (nSPS) is 20.9. The van der Waals surface area contributed by atoms with E-state index in [1.165, 1.54) is 0 Å². The second-order valence-corrected chi connectivity index (χ2v) is 4.38. The summed E-state index contributed by atoms with van der Waals surface area (Å²) in [5.41, 5.74) is 0. The van der Waals surface area contributed by atoms with Crippen LogP contribution in [0.5, 0.6) is 0 Å². The van der Waals surface area contributed by atoms with Gasteiger partial charge in [-0.1, -0.05) is 6.07 Å². The Kier molecular flexibility index (Phi) is 4.83. The molecule has 0 amide bonds.